The molecule has 0 radical (unpaired) electrons. The van der Waals surface area contributed by atoms with Gasteiger partial charge in [0.1, 0.15) is 4.21 Å². The van der Waals surface area contributed by atoms with E-state index < -0.39 is 10.0 Å². The SMILES string of the molecule is COCCOCCCCNS(=O)(=O)c1ccc(CCO)s1. The van der Waals surface area contributed by atoms with E-state index in [0.29, 0.717) is 37.0 Å². The third-order valence-electron chi connectivity index (χ3n) is 2.70. The minimum Gasteiger partial charge on any atom is -0.396 e. The van der Waals surface area contributed by atoms with Crippen molar-refractivity contribution in [2.24, 2.45) is 0 Å². The number of ether oxygens (including phenoxy) is 2. The van der Waals surface area contributed by atoms with Gasteiger partial charge in [-0.2, -0.15) is 0 Å². The Bertz CT molecular complexity index is 487. The first kappa shape index (κ1) is 18.5. The molecule has 1 aromatic heterocycles. The van der Waals surface area contributed by atoms with Gasteiger partial charge < -0.3 is 14.6 Å². The first-order valence-electron chi connectivity index (χ1n) is 6.86. The van der Waals surface area contributed by atoms with Crippen LogP contribution in [0.5, 0.6) is 0 Å². The van der Waals surface area contributed by atoms with Crippen LogP contribution in [0.1, 0.15) is 17.7 Å². The Morgan fingerprint density at radius 3 is 2.76 bits per heavy atom. The van der Waals surface area contributed by atoms with Crippen LogP contribution in [0.4, 0.5) is 0 Å². The van der Waals surface area contributed by atoms with Crippen molar-refractivity contribution in [3.63, 3.8) is 0 Å². The van der Waals surface area contributed by atoms with Gasteiger partial charge >= 0.3 is 0 Å². The van der Waals surface area contributed by atoms with Gasteiger partial charge in [-0.3, -0.25) is 0 Å². The largest absolute Gasteiger partial charge is 0.396 e. The first-order valence-corrected chi connectivity index (χ1v) is 9.16. The molecule has 21 heavy (non-hydrogen) atoms. The molecule has 0 saturated heterocycles. The third kappa shape index (κ3) is 7.35. The van der Waals surface area contributed by atoms with Gasteiger partial charge in [-0.1, -0.05) is 0 Å². The topological polar surface area (TPSA) is 84.9 Å². The normalized spacial score (nSPS) is 11.9. The van der Waals surface area contributed by atoms with E-state index >= 15 is 0 Å². The maximum atomic E-state index is 12.0. The molecule has 6 nitrogen and oxygen atoms in total. The summed E-state index contributed by atoms with van der Waals surface area (Å²) in [5.41, 5.74) is 0. The van der Waals surface area contributed by atoms with Crippen molar-refractivity contribution in [2.45, 2.75) is 23.5 Å². The van der Waals surface area contributed by atoms with Gasteiger partial charge in [0.2, 0.25) is 10.0 Å². The summed E-state index contributed by atoms with van der Waals surface area (Å²) in [7, 11) is -1.81. The molecule has 0 spiro atoms. The third-order valence-corrected chi connectivity index (χ3v) is 5.80. The zero-order valence-electron chi connectivity index (χ0n) is 12.2. The fourth-order valence-electron chi connectivity index (χ4n) is 1.60. The molecule has 1 aromatic rings. The number of nitrogens with one attached hydrogen (secondary N) is 1. The Morgan fingerprint density at radius 1 is 1.24 bits per heavy atom. The highest BCUT2D eigenvalue weighted by Gasteiger charge is 2.15. The van der Waals surface area contributed by atoms with Crippen molar-refractivity contribution in [1.82, 2.24) is 4.72 Å². The second-order valence-corrected chi connectivity index (χ2v) is 7.57. The lowest BCUT2D eigenvalue weighted by Gasteiger charge is -2.05. The van der Waals surface area contributed by atoms with Gasteiger partial charge in [0.15, 0.2) is 0 Å². The van der Waals surface area contributed by atoms with Crippen molar-refractivity contribution in [1.29, 1.82) is 0 Å². The predicted molar refractivity (Wildman–Crippen MR) is 82.2 cm³/mol. The number of methoxy groups -OCH3 is 1. The smallest absolute Gasteiger partial charge is 0.250 e. The van der Waals surface area contributed by atoms with Crippen LogP contribution in [0, 0.1) is 0 Å². The fourth-order valence-corrected chi connectivity index (χ4v) is 4.06. The fraction of sp³-hybridized carbons (Fsp3) is 0.692. The van der Waals surface area contributed by atoms with E-state index in [4.69, 9.17) is 14.6 Å². The van der Waals surface area contributed by atoms with E-state index in [1.54, 1.807) is 19.2 Å². The molecule has 0 atom stereocenters. The molecule has 122 valence electrons. The summed E-state index contributed by atoms with van der Waals surface area (Å²) in [6, 6.07) is 3.31. The highest BCUT2D eigenvalue weighted by atomic mass is 32.2. The molecular weight excluding hydrogens is 314 g/mol. The maximum Gasteiger partial charge on any atom is 0.250 e. The van der Waals surface area contributed by atoms with Crippen molar-refractivity contribution in [2.75, 3.05) is 40.1 Å². The lowest BCUT2D eigenvalue weighted by atomic mass is 10.3. The molecule has 0 saturated carbocycles. The molecule has 0 aliphatic rings. The minimum absolute atomic E-state index is 0.0243. The van der Waals surface area contributed by atoms with Crippen LogP contribution < -0.4 is 4.72 Å². The standard InChI is InChI=1S/C13H23NO5S2/c1-18-10-11-19-9-3-2-7-14-21(16,17)13-5-4-12(20-13)6-8-15/h4-5,14-15H,2-3,6-11H2,1H3. The molecule has 0 unspecified atom stereocenters. The van der Waals surface area contributed by atoms with Crippen LogP contribution in [-0.2, 0) is 25.9 Å². The highest BCUT2D eigenvalue weighted by molar-refractivity contribution is 7.91. The number of unbranched alkanes of at least 4 members (excludes halogenated alkanes) is 1. The van der Waals surface area contributed by atoms with Crippen LogP contribution in [0.25, 0.3) is 0 Å². The number of rotatable bonds is 12. The van der Waals surface area contributed by atoms with E-state index in [-0.39, 0.29) is 6.61 Å². The van der Waals surface area contributed by atoms with Gasteiger partial charge in [0.05, 0.1) is 13.2 Å². The summed E-state index contributed by atoms with van der Waals surface area (Å²) in [5.74, 6) is 0. The van der Waals surface area contributed by atoms with Gasteiger partial charge in [-0.25, -0.2) is 13.1 Å². The van der Waals surface area contributed by atoms with Crippen molar-refractivity contribution < 1.29 is 23.0 Å². The molecule has 2 N–H and O–H groups in total. The molecule has 0 aliphatic heterocycles. The maximum absolute atomic E-state index is 12.0. The highest BCUT2D eigenvalue weighted by Crippen LogP contribution is 2.21. The summed E-state index contributed by atoms with van der Waals surface area (Å²) in [4.78, 5) is 0.865. The second-order valence-electron chi connectivity index (χ2n) is 4.40. The van der Waals surface area contributed by atoms with Gasteiger partial charge in [0.25, 0.3) is 0 Å². The van der Waals surface area contributed by atoms with E-state index in [1.165, 1.54) is 11.3 Å². The second kappa shape index (κ2) is 10.3. The average molecular weight is 337 g/mol. The van der Waals surface area contributed by atoms with E-state index in [0.717, 1.165) is 17.7 Å². The van der Waals surface area contributed by atoms with Crippen LogP contribution in [-0.4, -0.2) is 53.6 Å². The summed E-state index contributed by atoms with van der Waals surface area (Å²) in [6.45, 7) is 2.15. The quantitative estimate of drug-likeness (QED) is 0.556. The van der Waals surface area contributed by atoms with Crippen LogP contribution in [0.2, 0.25) is 0 Å². The van der Waals surface area contributed by atoms with E-state index in [1.807, 2.05) is 0 Å². The monoisotopic (exact) mass is 337 g/mol. The molecule has 8 heteroatoms. The molecule has 0 aliphatic carbocycles. The predicted octanol–water partition coefficient (Wildman–Crippen LogP) is 1.00. The number of thiophene rings is 1. The lowest BCUT2D eigenvalue weighted by Crippen LogP contribution is -2.24. The van der Waals surface area contributed by atoms with Crippen LogP contribution in [0.15, 0.2) is 16.3 Å². The number of sulfonamides is 1. The first-order chi connectivity index (χ1) is 10.1. The zero-order valence-corrected chi connectivity index (χ0v) is 13.8. The summed E-state index contributed by atoms with van der Waals surface area (Å²) < 4.78 is 37.0. The Labute approximate surface area is 130 Å². The van der Waals surface area contributed by atoms with Crippen molar-refractivity contribution >= 4 is 21.4 Å². The average Bonchev–Trinajstić information content (AvgIpc) is 2.92. The van der Waals surface area contributed by atoms with Gasteiger partial charge in [0, 0.05) is 38.2 Å². The Hall–Kier alpha value is -0.510. The molecule has 0 amide bonds. The summed E-state index contributed by atoms with van der Waals surface area (Å²) in [5, 5.41) is 8.83. The van der Waals surface area contributed by atoms with E-state index in [2.05, 4.69) is 4.72 Å². The molecule has 0 aromatic carbocycles. The van der Waals surface area contributed by atoms with Crippen LogP contribution in [0.3, 0.4) is 0 Å². The molecular formula is C13H23NO5S2. The van der Waals surface area contributed by atoms with Crippen molar-refractivity contribution in [3.05, 3.63) is 17.0 Å². The number of aliphatic hydroxyl groups is 1. The zero-order chi connectivity index (χ0) is 15.6. The molecule has 0 fully saturated rings. The number of hydrogen-bond donors (Lipinski definition) is 2. The Kier molecular flexibility index (Phi) is 9.05. The Morgan fingerprint density at radius 2 is 2.05 bits per heavy atom. The molecule has 1 heterocycles. The minimum atomic E-state index is -3.43. The number of hydrogen-bond acceptors (Lipinski definition) is 6. The van der Waals surface area contributed by atoms with Gasteiger partial charge in [-0.15, -0.1) is 11.3 Å². The summed E-state index contributed by atoms with van der Waals surface area (Å²) in [6.07, 6.45) is 2.01. The molecule has 1 rings (SSSR count). The van der Waals surface area contributed by atoms with E-state index in [9.17, 15) is 8.42 Å². The van der Waals surface area contributed by atoms with Crippen molar-refractivity contribution in [3.8, 4) is 0 Å². The lowest BCUT2D eigenvalue weighted by molar-refractivity contribution is 0.0689. The molecule has 0 bridgehead atoms. The Balaban J connectivity index is 2.23. The van der Waals surface area contributed by atoms with Crippen LogP contribution >= 0.6 is 11.3 Å². The summed E-state index contributed by atoms with van der Waals surface area (Å²) >= 11 is 1.19. The van der Waals surface area contributed by atoms with Gasteiger partial charge in [-0.05, 0) is 25.0 Å². The number of aliphatic hydroxyl groups excluding tert-OH is 1.